The molecule has 1 aliphatic heterocycles. The van der Waals surface area contributed by atoms with Crippen molar-refractivity contribution < 1.29 is 23.9 Å². The molecule has 136 valence electrons. The second-order valence-corrected chi connectivity index (χ2v) is 6.40. The number of carboxylic acids is 1. The third kappa shape index (κ3) is 5.14. The molecule has 2 amide bonds. The highest BCUT2D eigenvalue weighted by molar-refractivity contribution is 6.30. The zero-order chi connectivity index (χ0) is 18.6. The number of piperidine rings is 1. The highest BCUT2D eigenvalue weighted by Gasteiger charge is 2.30. The molecule has 1 saturated heterocycles. The number of carboxylic acid groups (broad SMARTS) is 1. The highest BCUT2D eigenvalue weighted by atomic mass is 35.5. The van der Waals surface area contributed by atoms with Crippen LogP contribution in [0.4, 0.5) is 4.39 Å². The molecule has 2 unspecified atom stereocenters. The third-order valence-electron chi connectivity index (χ3n) is 4.07. The van der Waals surface area contributed by atoms with Gasteiger partial charge in [0.15, 0.2) is 6.04 Å². The molecule has 1 heterocycles. The summed E-state index contributed by atoms with van der Waals surface area (Å²) in [6.45, 7) is 1.04. The molecule has 0 aliphatic carbocycles. The first-order valence-corrected chi connectivity index (χ1v) is 8.14. The van der Waals surface area contributed by atoms with Gasteiger partial charge in [-0.3, -0.25) is 14.5 Å². The SMILES string of the molecule is NC(=O)CN1CCCC(C(=O)NC(C(=O)O)c2ccc(F)c(Cl)c2)C1. The number of amides is 2. The summed E-state index contributed by atoms with van der Waals surface area (Å²) in [4.78, 5) is 36.7. The number of benzene rings is 1. The zero-order valence-electron chi connectivity index (χ0n) is 13.4. The van der Waals surface area contributed by atoms with Crippen molar-refractivity contribution in [2.24, 2.45) is 11.7 Å². The number of hydrogen-bond donors (Lipinski definition) is 3. The van der Waals surface area contributed by atoms with Gasteiger partial charge in [-0.1, -0.05) is 17.7 Å². The zero-order valence-corrected chi connectivity index (χ0v) is 14.1. The van der Waals surface area contributed by atoms with Crippen molar-refractivity contribution in [2.75, 3.05) is 19.6 Å². The number of primary amides is 1. The molecule has 0 saturated carbocycles. The Morgan fingerprint density at radius 3 is 2.76 bits per heavy atom. The predicted octanol–water partition coefficient (Wildman–Crippen LogP) is 0.918. The van der Waals surface area contributed by atoms with E-state index in [1.165, 1.54) is 12.1 Å². The molecule has 1 aromatic rings. The Hall–Kier alpha value is -2.19. The van der Waals surface area contributed by atoms with Gasteiger partial charge in [-0.25, -0.2) is 9.18 Å². The summed E-state index contributed by atoms with van der Waals surface area (Å²) >= 11 is 5.68. The van der Waals surface area contributed by atoms with Gasteiger partial charge in [-0.15, -0.1) is 0 Å². The van der Waals surface area contributed by atoms with Crippen molar-refractivity contribution in [1.82, 2.24) is 10.2 Å². The van der Waals surface area contributed by atoms with E-state index >= 15 is 0 Å². The predicted molar refractivity (Wildman–Crippen MR) is 88.3 cm³/mol. The fraction of sp³-hybridized carbons (Fsp3) is 0.438. The normalized spacial score (nSPS) is 19.2. The molecule has 1 fully saturated rings. The molecular formula is C16H19ClFN3O4. The lowest BCUT2D eigenvalue weighted by Crippen LogP contribution is -2.47. The van der Waals surface area contributed by atoms with Crippen molar-refractivity contribution >= 4 is 29.4 Å². The highest BCUT2D eigenvalue weighted by Crippen LogP contribution is 2.23. The Labute approximate surface area is 148 Å². The lowest BCUT2D eigenvalue weighted by atomic mass is 9.96. The maximum Gasteiger partial charge on any atom is 0.330 e. The van der Waals surface area contributed by atoms with Crippen LogP contribution in [-0.4, -0.2) is 47.4 Å². The van der Waals surface area contributed by atoms with E-state index in [1.807, 2.05) is 0 Å². The van der Waals surface area contributed by atoms with Crippen LogP contribution in [0.1, 0.15) is 24.4 Å². The summed E-state index contributed by atoms with van der Waals surface area (Å²) in [5, 5.41) is 11.6. The first-order chi connectivity index (χ1) is 11.8. The first-order valence-electron chi connectivity index (χ1n) is 7.76. The second kappa shape index (κ2) is 8.26. The average Bonchev–Trinajstić information content (AvgIpc) is 2.54. The van der Waals surface area contributed by atoms with Gasteiger partial charge in [0.25, 0.3) is 0 Å². The van der Waals surface area contributed by atoms with E-state index in [9.17, 15) is 23.9 Å². The Morgan fingerprint density at radius 1 is 1.44 bits per heavy atom. The van der Waals surface area contributed by atoms with Gasteiger partial charge in [-0.05, 0) is 37.1 Å². The van der Waals surface area contributed by atoms with Gasteiger partial charge in [0.05, 0.1) is 17.5 Å². The summed E-state index contributed by atoms with van der Waals surface area (Å²) in [5.41, 5.74) is 5.34. The number of halogens is 2. The molecule has 0 radical (unpaired) electrons. The van der Waals surface area contributed by atoms with Gasteiger partial charge in [-0.2, -0.15) is 0 Å². The van der Waals surface area contributed by atoms with E-state index < -0.39 is 35.6 Å². The van der Waals surface area contributed by atoms with E-state index in [0.717, 1.165) is 6.07 Å². The van der Waals surface area contributed by atoms with E-state index in [0.29, 0.717) is 25.9 Å². The van der Waals surface area contributed by atoms with Crippen LogP contribution in [0.5, 0.6) is 0 Å². The molecule has 7 nitrogen and oxygen atoms in total. The van der Waals surface area contributed by atoms with Crippen molar-refractivity contribution in [3.63, 3.8) is 0 Å². The summed E-state index contributed by atoms with van der Waals surface area (Å²) in [6.07, 6.45) is 1.28. The first kappa shape index (κ1) is 19.1. The molecule has 2 atom stereocenters. The number of nitrogens with two attached hydrogens (primary N) is 1. The standard InChI is InChI=1S/C16H19ClFN3O4/c17-11-6-9(3-4-12(11)18)14(16(24)25)20-15(23)10-2-1-5-21(7-10)8-13(19)22/h3-4,6,10,14H,1-2,5,7-8H2,(H2,19,22)(H,20,23)(H,24,25). The Kier molecular flexibility index (Phi) is 6.33. The number of carbonyl (C=O) groups is 3. The topological polar surface area (TPSA) is 113 Å². The van der Waals surface area contributed by atoms with Crippen LogP contribution < -0.4 is 11.1 Å². The fourth-order valence-electron chi connectivity index (χ4n) is 2.87. The number of aliphatic carboxylic acids is 1. The summed E-state index contributed by atoms with van der Waals surface area (Å²) in [6, 6.07) is 2.16. The van der Waals surface area contributed by atoms with Crippen LogP contribution in [0.3, 0.4) is 0 Å². The smallest absolute Gasteiger partial charge is 0.330 e. The number of hydrogen-bond acceptors (Lipinski definition) is 4. The van der Waals surface area contributed by atoms with Gasteiger partial charge in [0, 0.05) is 6.54 Å². The monoisotopic (exact) mass is 371 g/mol. The summed E-state index contributed by atoms with van der Waals surface area (Å²) in [5.74, 6) is -3.32. The van der Waals surface area contributed by atoms with Crippen molar-refractivity contribution in [3.8, 4) is 0 Å². The molecule has 2 rings (SSSR count). The number of nitrogens with one attached hydrogen (secondary N) is 1. The number of rotatable bonds is 6. The van der Waals surface area contributed by atoms with Gasteiger partial charge in [0.2, 0.25) is 11.8 Å². The second-order valence-electron chi connectivity index (χ2n) is 5.99. The number of carbonyl (C=O) groups excluding carboxylic acids is 2. The minimum absolute atomic E-state index is 0.0553. The lowest BCUT2D eigenvalue weighted by Gasteiger charge is -2.31. The molecule has 9 heteroatoms. The molecule has 1 aromatic carbocycles. The summed E-state index contributed by atoms with van der Waals surface area (Å²) < 4.78 is 13.3. The van der Waals surface area contributed by atoms with Crippen LogP contribution in [0, 0.1) is 11.7 Å². The molecule has 0 spiro atoms. The van der Waals surface area contributed by atoms with Gasteiger partial charge >= 0.3 is 5.97 Å². The minimum Gasteiger partial charge on any atom is -0.479 e. The molecule has 25 heavy (non-hydrogen) atoms. The van der Waals surface area contributed by atoms with E-state index in [2.05, 4.69) is 5.32 Å². The van der Waals surface area contributed by atoms with Crippen LogP contribution in [0.25, 0.3) is 0 Å². The van der Waals surface area contributed by atoms with Crippen molar-refractivity contribution in [1.29, 1.82) is 0 Å². The lowest BCUT2D eigenvalue weighted by molar-refractivity contribution is -0.143. The fourth-order valence-corrected chi connectivity index (χ4v) is 3.06. The van der Waals surface area contributed by atoms with E-state index in [4.69, 9.17) is 17.3 Å². The van der Waals surface area contributed by atoms with E-state index in [1.54, 1.807) is 4.90 Å². The van der Waals surface area contributed by atoms with Crippen molar-refractivity contribution in [2.45, 2.75) is 18.9 Å². The number of likely N-dealkylation sites (tertiary alicyclic amines) is 1. The maximum atomic E-state index is 13.3. The Morgan fingerprint density at radius 2 is 2.16 bits per heavy atom. The maximum absolute atomic E-state index is 13.3. The summed E-state index contributed by atoms with van der Waals surface area (Å²) in [7, 11) is 0. The van der Waals surface area contributed by atoms with Gasteiger partial charge in [0.1, 0.15) is 5.82 Å². The van der Waals surface area contributed by atoms with Crippen molar-refractivity contribution in [3.05, 3.63) is 34.6 Å². The molecule has 0 bridgehead atoms. The third-order valence-corrected chi connectivity index (χ3v) is 4.36. The molecular weight excluding hydrogens is 353 g/mol. The quantitative estimate of drug-likeness (QED) is 0.688. The Bertz CT molecular complexity index is 685. The van der Waals surface area contributed by atoms with Crippen LogP contribution >= 0.6 is 11.6 Å². The Balaban J connectivity index is 2.08. The minimum atomic E-state index is -1.34. The van der Waals surface area contributed by atoms with Crippen LogP contribution in [0.2, 0.25) is 5.02 Å². The largest absolute Gasteiger partial charge is 0.479 e. The average molecular weight is 372 g/mol. The molecule has 1 aliphatic rings. The van der Waals surface area contributed by atoms with Crippen LogP contribution in [0.15, 0.2) is 18.2 Å². The molecule has 0 aromatic heterocycles. The number of nitrogens with zero attached hydrogens (tertiary/aromatic N) is 1. The van der Waals surface area contributed by atoms with Crippen LogP contribution in [-0.2, 0) is 14.4 Å². The van der Waals surface area contributed by atoms with Gasteiger partial charge < -0.3 is 16.2 Å². The van der Waals surface area contributed by atoms with E-state index in [-0.39, 0.29) is 17.1 Å². The molecule has 4 N–H and O–H groups in total.